The van der Waals surface area contributed by atoms with Crippen molar-refractivity contribution in [2.24, 2.45) is 11.8 Å². The largest absolute Gasteiger partial charge is 0.417 e. The number of Topliss-reactive ketones (excluding diaryl/α,β-unsaturated/α-hetero) is 1. The number of hydrogen-bond acceptors (Lipinski definition) is 5. The maximum Gasteiger partial charge on any atom is 0.417 e. The van der Waals surface area contributed by atoms with Gasteiger partial charge in [0, 0.05) is 6.20 Å². The first-order valence-corrected chi connectivity index (χ1v) is 12.3. The zero-order valence-electron chi connectivity index (χ0n) is 18.3. The molecule has 10 heteroatoms. The van der Waals surface area contributed by atoms with Crippen molar-refractivity contribution in [3.05, 3.63) is 92.8 Å². The smallest absolute Gasteiger partial charge is 0.358 e. The molecule has 2 aromatic carbocycles. The number of nitrogens with zero attached hydrogens (tertiary/aromatic N) is 2. The van der Waals surface area contributed by atoms with Gasteiger partial charge in [0.05, 0.1) is 39.0 Å². The Morgan fingerprint density at radius 1 is 0.972 bits per heavy atom. The summed E-state index contributed by atoms with van der Waals surface area (Å²) in [5.74, 6) is -3.64. The van der Waals surface area contributed by atoms with Gasteiger partial charge in [-0.3, -0.25) is 14.4 Å². The van der Waals surface area contributed by atoms with Crippen molar-refractivity contribution in [2.45, 2.75) is 18.3 Å². The first kappa shape index (κ1) is 23.0. The van der Waals surface area contributed by atoms with Crippen molar-refractivity contribution in [1.82, 2.24) is 4.90 Å². The highest BCUT2D eigenvalue weighted by molar-refractivity contribution is 7.12. The highest BCUT2D eigenvalue weighted by atomic mass is 35.5. The van der Waals surface area contributed by atoms with Gasteiger partial charge in [0.25, 0.3) is 0 Å². The van der Waals surface area contributed by atoms with Crippen LogP contribution in [0.4, 0.5) is 18.9 Å². The van der Waals surface area contributed by atoms with E-state index >= 15 is 0 Å². The molecule has 3 aliphatic heterocycles. The summed E-state index contributed by atoms with van der Waals surface area (Å²) in [5, 5.41) is 1.22. The fourth-order valence-corrected chi connectivity index (χ4v) is 6.47. The molecule has 6 rings (SSSR count). The third-order valence-corrected chi connectivity index (χ3v) is 8.22. The van der Waals surface area contributed by atoms with E-state index in [9.17, 15) is 27.6 Å². The molecule has 2 fully saturated rings. The fourth-order valence-electron chi connectivity index (χ4n) is 5.55. The van der Waals surface area contributed by atoms with Gasteiger partial charge in [-0.1, -0.05) is 41.9 Å². The molecule has 2 amide bonds. The number of hydrogen-bond donors (Lipinski definition) is 0. The van der Waals surface area contributed by atoms with Gasteiger partial charge in [-0.2, -0.15) is 13.2 Å². The number of amides is 2. The SMILES string of the molecule is O=C(c1cccs1)[C@H]1[C@H]2C(=O)N(c3ccc(Cl)c(C(F)(F)F)c3)C(=O)[C@@H]2[C@H]2c3ccccc3C=CN21. The van der Waals surface area contributed by atoms with Gasteiger partial charge in [0.1, 0.15) is 6.04 Å². The Labute approximate surface area is 212 Å². The van der Waals surface area contributed by atoms with Crippen LogP contribution in [0.5, 0.6) is 0 Å². The summed E-state index contributed by atoms with van der Waals surface area (Å²) in [6.07, 6.45) is -1.20. The van der Waals surface area contributed by atoms with Gasteiger partial charge in [-0.15, -0.1) is 11.3 Å². The minimum absolute atomic E-state index is 0.218. The molecule has 3 aliphatic rings. The maximum absolute atomic E-state index is 13.8. The summed E-state index contributed by atoms with van der Waals surface area (Å²) < 4.78 is 40.6. The van der Waals surface area contributed by atoms with Crippen molar-refractivity contribution in [2.75, 3.05) is 4.90 Å². The Balaban J connectivity index is 1.49. The van der Waals surface area contributed by atoms with Crippen LogP contribution in [-0.4, -0.2) is 28.5 Å². The molecule has 1 aromatic heterocycles. The highest BCUT2D eigenvalue weighted by Gasteiger charge is 2.64. The Hall–Kier alpha value is -3.43. The predicted molar refractivity (Wildman–Crippen MR) is 128 cm³/mol. The maximum atomic E-state index is 13.8. The van der Waals surface area contributed by atoms with Crippen LogP contribution in [0.15, 0.2) is 66.2 Å². The molecule has 0 spiro atoms. The average molecular weight is 529 g/mol. The average Bonchev–Trinajstić information content (AvgIpc) is 3.55. The molecule has 182 valence electrons. The van der Waals surface area contributed by atoms with Crippen molar-refractivity contribution in [1.29, 1.82) is 0 Å². The minimum atomic E-state index is -4.77. The van der Waals surface area contributed by atoms with Crippen LogP contribution in [-0.2, 0) is 15.8 Å². The van der Waals surface area contributed by atoms with E-state index in [2.05, 4.69) is 0 Å². The van der Waals surface area contributed by atoms with E-state index in [0.29, 0.717) is 10.9 Å². The predicted octanol–water partition coefficient (Wildman–Crippen LogP) is 5.82. The number of rotatable bonds is 3. The number of alkyl halides is 3. The van der Waals surface area contributed by atoms with Crippen molar-refractivity contribution in [3.8, 4) is 0 Å². The number of carbonyl (C=O) groups is 3. The summed E-state index contributed by atoms with van der Waals surface area (Å²) in [6.45, 7) is 0. The van der Waals surface area contributed by atoms with Crippen LogP contribution in [0, 0.1) is 11.8 Å². The molecular formula is C26H16ClF3N2O3S. The second-order valence-corrected chi connectivity index (χ2v) is 10.2. The third-order valence-electron chi connectivity index (χ3n) is 7.01. The molecule has 4 heterocycles. The number of anilines is 1. The Kier molecular flexibility index (Phi) is 5.14. The van der Waals surface area contributed by atoms with Crippen molar-refractivity contribution < 1.29 is 27.6 Å². The van der Waals surface area contributed by atoms with Crippen LogP contribution in [0.1, 0.15) is 32.4 Å². The molecule has 0 saturated carbocycles. The summed E-state index contributed by atoms with van der Waals surface area (Å²) in [6, 6.07) is 12.1. The molecule has 4 atom stereocenters. The Morgan fingerprint density at radius 2 is 1.72 bits per heavy atom. The quantitative estimate of drug-likeness (QED) is 0.317. The number of carbonyl (C=O) groups excluding carboxylic acids is 3. The second-order valence-electron chi connectivity index (χ2n) is 8.85. The first-order valence-electron chi connectivity index (χ1n) is 11.1. The molecule has 2 saturated heterocycles. The van der Waals surface area contributed by atoms with Crippen molar-refractivity contribution >= 4 is 52.3 Å². The van der Waals surface area contributed by atoms with E-state index in [-0.39, 0.29) is 11.5 Å². The Morgan fingerprint density at radius 3 is 2.44 bits per heavy atom. The highest BCUT2D eigenvalue weighted by Crippen LogP contribution is 2.54. The standard InChI is InChI=1S/C26H16ClF3N2O3S/c27-17-8-7-14(12-16(17)26(28,29)30)32-24(34)19-20(25(32)35)22(23(33)18-6-3-11-36-18)31-10-9-13-4-1-2-5-15(13)21(19)31/h1-12,19-22H/t19-,20-,21+,22+/m0/s1. The summed E-state index contributed by atoms with van der Waals surface area (Å²) in [4.78, 5) is 44.2. The van der Waals surface area contributed by atoms with Gasteiger partial charge in [-0.25, -0.2) is 4.90 Å². The molecule has 3 aromatic rings. The van der Waals surface area contributed by atoms with Crippen LogP contribution in [0.2, 0.25) is 5.02 Å². The van der Waals surface area contributed by atoms with E-state index in [1.54, 1.807) is 28.6 Å². The first-order chi connectivity index (χ1) is 17.2. The molecule has 0 aliphatic carbocycles. The second kappa shape index (κ2) is 8.04. The van der Waals surface area contributed by atoms with E-state index in [1.807, 2.05) is 30.3 Å². The normalized spacial score (nSPS) is 24.7. The summed E-state index contributed by atoms with van der Waals surface area (Å²) in [5.41, 5.74) is 0.278. The van der Waals surface area contributed by atoms with E-state index in [0.717, 1.165) is 22.1 Å². The van der Waals surface area contributed by atoms with Crippen LogP contribution in [0.3, 0.4) is 0 Å². The van der Waals surface area contributed by atoms with Crippen LogP contribution < -0.4 is 4.90 Å². The molecule has 0 N–H and O–H groups in total. The van der Waals surface area contributed by atoms with E-state index in [1.165, 1.54) is 17.4 Å². The molecule has 36 heavy (non-hydrogen) atoms. The van der Waals surface area contributed by atoms with Crippen LogP contribution >= 0.6 is 22.9 Å². The summed E-state index contributed by atoms with van der Waals surface area (Å²) in [7, 11) is 0. The fraction of sp³-hybridized carbons (Fsp3) is 0.192. The van der Waals surface area contributed by atoms with E-state index in [4.69, 9.17) is 11.6 Å². The van der Waals surface area contributed by atoms with Gasteiger partial charge in [-0.05, 0) is 46.8 Å². The monoisotopic (exact) mass is 528 g/mol. The number of halogens is 4. The number of ketones is 1. The molecule has 0 unspecified atom stereocenters. The lowest BCUT2D eigenvalue weighted by atomic mass is 9.84. The van der Waals surface area contributed by atoms with Gasteiger partial charge in [0.15, 0.2) is 5.78 Å². The topological polar surface area (TPSA) is 57.7 Å². The molecule has 0 radical (unpaired) electrons. The Bertz CT molecular complexity index is 1450. The van der Waals surface area contributed by atoms with Gasteiger partial charge < -0.3 is 4.90 Å². The third kappa shape index (κ3) is 3.26. The number of fused-ring (bicyclic) bond motifs is 5. The lowest BCUT2D eigenvalue weighted by molar-refractivity contribution is -0.137. The molecule has 0 bridgehead atoms. The number of imide groups is 1. The zero-order valence-corrected chi connectivity index (χ0v) is 19.8. The molecule has 5 nitrogen and oxygen atoms in total. The lowest BCUT2D eigenvalue weighted by Gasteiger charge is -2.35. The van der Waals surface area contributed by atoms with Gasteiger partial charge in [0.2, 0.25) is 11.8 Å². The number of benzene rings is 2. The zero-order chi connectivity index (χ0) is 25.4. The number of thiophene rings is 1. The van der Waals surface area contributed by atoms with Gasteiger partial charge >= 0.3 is 6.18 Å². The van der Waals surface area contributed by atoms with E-state index < -0.39 is 52.5 Å². The van der Waals surface area contributed by atoms with Crippen LogP contribution in [0.25, 0.3) is 6.08 Å². The molecular weight excluding hydrogens is 513 g/mol. The lowest BCUT2D eigenvalue weighted by Crippen LogP contribution is -2.44. The minimum Gasteiger partial charge on any atom is -0.358 e. The summed E-state index contributed by atoms with van der Waals surface area (Å²) >= 11 is 6.99. The van der Waals surface area contributed by atoms with Crippen molar-refractivity contribution in [3.63, 3.8) is 0 Å².